The van der Waals surface area contributed by atoms with Crippen molar-refractivity contribution in [2.45, 2.75) is 38.5 Å². The first-order valence-electron chi connectivity index (χ1n) is 9.19. The van der Waals surface area contributed by atoms with Crippen molar-refractivity contribution in [3.8, 4) is 0 Å². The number of unbranched alkanes of at least 4 members (excludes halogenated alkanes) is 1. The van der Waals surface area contributed by atoms with Gasteiger partial charge in [0.2, 0.25) is 0 Å². The molecule has 0 aliphatic heterocycles. The van der Waals surface area contributed by atoms with E-state index in [1.807, 2.05) is 19.1 Å². The summed E-state index contributed by atoms with van der Waals surface area (Å²) in [5, 5.41) is 9.63. The van der Waals surface area contributed by atoms with E-state index in [2.05, 4.69) is 4.98 Å². The fourth-order valence-corrected chi connectivity index (χ4v) is 3.10. The van der Waals surface area contributed by atoms with Crippen LogP contribution in [0.3, 0.4) is 0 Å². The van der Waals surface area contributed by atoms with Gasteiger partial charge in [0.05, 0.1) is 23.4 Å². The summed E-state index contributed by atoms with van der Waals surface area (Å²) in [4.78, 5) is 27.9. The van der Waals surface area contributed by atoms with Gasteiger partial charge < -0.3 is 9.84 Å². The molecule has 0 amide bonds. The third-order valence-electron chi connectivity index (χ3n) is 4.58. The van der Waals surface area contributed by atoms with Crippen molar-refractivity contribution < 1.29 is 19.4 Å². The lowest BCUT2D eigenvalue weighted by atomic mass is 9.97. The topological polar surface area (TPSA) is 76.5 Å². The van der Waals surface area contributed by atoms with Gasteiger partial charge in [-0.25, -0.2) is 9.59 Å². The summed E-state index contributed by atoms with van der Waals surface area (Å²) < 4.78 is 5.23. The number of aromatic carboxylic acids is 1. The predicted molar refractivity (Wildman–Crippen MR) is 103 cm³/mol. The normalized spacial score (nSPS) is 13.7. The van der Waals surface area contributed by atoms with E-state index in [9.17, 15) is 14.7 Å². The molecule has 1 aliphatic rings. The number of allylic oxidation sites excluding steroid dienone is 1. The van der Waals surface area contributed by atoms with E-state index < -0.39 is 5.97 Å². The summed E-state index contributed by atoms with van der Waals surface area (Å²) in [5.41, 5.74) is 3.23. The molecule has 0 unspecified atom stereocenters. The van der Waals surface area contributed by atoms with Crippen molar-refractivity contribution >= 4 is 18.0 Å². The van der Waals surface area contributed by atoms with Crippen LogP contribution in [0.5, 0.6) is 0 Å². The minimum atomic E-state index is -0.926. The largest absolute Gasteiger partial charge is 0.478 e. The number of pyridine rings is 1. The number of carbonyl (C=O) groups is 2. The lowest BCUT2D eigenvalue weighted by molar-refractivity contribution is 0.0501. The van der Waals surface area contributed by atoms with Crippen molar-refractivity contribution in [3.63, 3.8) is 0 Å². The highest BCUT2D eigenvalue weighted by atomic mass is 16.5. The van der Waals surface area contributed by atoms with Gasteiger partial charge in [0, 0.05) is 6.20 Å². The van der Waals surface area contributed by atoms with Gasteiger partial charge in [-0.1, -0.05) is 24.3 Å². The average Bonchev–Trinajstić information content (AvgIpc) is 3.50. The highest BCUT2D eigenvalue weighted by molar-refractivity contribution is 5.94. The van der Waals surface area contributed by atoms with E-state index in [0.29, 0.717) is 42.2 Å². The predicted octanol–water partition coefficient (Wildman–Crippen LogP) is 4.62. The van der Waals surface area contributed by atoms with Gasteiger partial charge in [0.15, 0.2) is 0 Å². The van der Waals surface area contributed by atoms with Crippen LogP contribution in [0.1, 0.15) is 69.1 Å². The maximum atomic E-state index is 11.8. The van der Waals surface area contributed by atoms with E-state index in [1.165, 1.54) is 0 Å². The van der Waals surface area contributed by atoms with Crippen LogP contribution in [0.4, 0.5) is 0 Å². The third kappa shape index (κ3) is 4.82. The first-order valence-corrected chi connectivity index (χ1v) is 9.19. The van der Waals surface area contributed by atoms with E-state index in [-0.39, 0.29) is 5.97 Å². The quantitative estimate of drug-likeness (QED) is 0.546. The van der Waals surface area contributed by atoms with E-state index in [4.69, 9.17) is 4.74 Å². The number of carbonyl (C=O) groups excluding carboxylic acids is 1. The van der Waals surface area contributed by atoms with Gasteiger partial charge in [-0.3, -0.25) is 4.98 Å². The molecule has 1 aromatic heterocycles. The molecule has 0 bridgehead atoms. The zero-order chi connectivity index (χ0) is 19.2. The number of rotatable bonds is 8. The molecule has 27 heavy (non-hydrogen) atoms. The van der Waals surface area contributed by atoms with Crippen LogP contribution in [0, 0.1) is 6.92 Å². The van der Waals surface area contributed by atoms with Crippen LogP contribution in [0.15, 0.2) is 42.6 Å². The molecule has 1 saturated carbocycles. The highest BCUT2D eigenvalue weighted by Gasteiger charge is 2.31. The maximum Gasteiger partial charge on any atom is 0.338 e. The smallest absolute Gasteiger partial charge is 0.338 e. The molecule has 1 aromatic carbocycles. The molecule has 0 saturated heterocycles. The number of ether oxygens (including phenoxy) is 1. The molecule has 1 heterocycles. The molecule has 5 nitrogen and oxygen atoms in total. The molecular weight excluding hydrogens is 342 g/mol. The second-order valence-electron chi connectivity index (χ2n) is 6.74. The second kappa shape index (κ2) is 8.62. The SMILES string of the molecule is Cc1cnc(C=CCCCOC(=O)c2ccccc2)c(C(=O)O)c1C1CC1. The van der Waals surface area contributed by atoms with Crippen molar-refractivity contribution in [2.24, 2.45) is 0 Å². The van der Waals surface area contributed by atoms with E-state index >= 15 is 0 Å². The molecule has 5 heteroatoms. The van der Waals surface area contributed by atoms with Gasteiger partial charge >= 0.3 is 11.9 Å². The number of carboxylic acids is 1. The molecular formula is C22H23NO4. The Kier molecular flexibility index (Phi) is 6.01. The molecule has 2 aromatic rings. The van der Waals surface area contributed by atoms with Crippen LogP contribution in [-0.4, -0.2) is 28.6 Å². The third-order valence-corrected chi connectivity index (χ3v) is 4.58. The summed E-state index contributed by atoms with van der Waals surface area (Å²) in [6, 6.07) is 8.88. The second-order valence-corrected chi connectivity index (χ2v) is 6.74. The van der Waals surface area contributed by atoms with Crippen molar-refractivity contribution in [1.82, 2.24) is 4.98 Å². The van der Waals surface area contributed by atoms with Crippen molar-refractivity contribution in [1.29, 1.82) is 0 Å². The van der Waals surface area contributed by atoms with E-state index in [0.717, 1.165) is 24.0 Å². The first kappa shape index (κ1) is 18.8. The number of hydrogen-bond donors (Lipinski definition) is 1. The van der Waals surface area contributed by atoms with Gasteiger partial charge in [0.25, 0.3) is 0 Å². The molecule has 1 aliphatic carbocycles. The standard InChI is InChI=1S/C22H23NO4/c1-15-14-23-18(20(21(24)25)19(15)16-11-12-16)10-6-3-7-13-27-22(26)17-8-4-2-5-9-17/h2,4-6,8-10,14,16H,3,7,11-13H2,1H3,(H,24,25). The van der Waals surface area contributed by atoms with Crippen LogP contribution in [0.25, 0.3) is 6.08 Å². The Bertz CT molecular complexity index is 854. The minimum absolute atomic E-state index is 0.318. The molecule has 0 spiro atoms. The van der Waals surface area contributed by atoms with Gasteiger partial charge in [-0.15, -0.1) is 0 Å². The number of hydrogen-bond acceptors (Lipinski definition) is 4. The molecule has 140 valence electrons. The van der Waals surface area contributed by atoms with Crippen molar-refractivity contribution in [3.05, 3.63) is 70.6 Å². The fourth-order valence-electron chi connectivity index (χ4n) is 3.10. The molecule has 3 rings (SSSR count). The van der Waals surface area contributed by atoms with Gasteiger partial charge in [-0.2, -0.15) is 0 Å². The number of nitrogens with zero attached hydrogens (tertiary/aromatic N) is 1. The van der Waals surface area contributed by atoms with Gasteiger partial charge in [0.1, 0.15) is 0 Å². The summed E-state index contributed by atoms with van der Waals surface area (Å²) in [6.07, 6.45) is 8.82. The van der Waals surface area contributed by atoms with E-state index in [1.54, 1.807) is 36.5 Å². The first-order chi connectivity index (χ1) is 13.1. The Labute approximate surface area is 158 Å². The summed E-state index contributed by atoms with van der Waals surface area (Å²) >= 11 is 0. The Morgan fingerprint density at radius 1 is 1.26 bits per heavy atom. The van der Waals surface area contributed by atoms with Crippen LogP contribution < -0.4 is 0 Å². The zero-order valence-corrected chi connectivity index (χ0v) is 15.4. The number of esters is 1. The maximum absolute atomic E-state index is 11.8. The lowest BCUT2D eigenvalue weighted by Gasteiger charge is -2.11. The Morgan fingerprint density at radius 2 is 2.00 bits per heavy atom. The molecule has 1 N–H and O–H groups in total. The number of aromatic nitrogens is 1. The molecule has 1 fully saturated rings. The van der Waals surface area contributed by atoms with Gasteiger partial charge in [-0.05, 0) is 67.9 Å². The fraction of sp³-hybridized carbons (Fsp3) is 0.318. The zero-order valence-electron chi connectivity index (χ0n) is 15.4. The monoisotopic (exact) mass is 365 g/mol. The van der Waals surface area contributed by atoms with Crippen molar-refractivity contribution in [2.75, 3.05) is 6.61 Å². The molecule has 0 atom stereocenters. The Hall–Kier alpha value is -2.95. The van der Waals surface area contributed by atoms with Crippen LogP contribution in [0.2, 0.25) is 0 Å². The minimum Gasteiger partial charge on any atom is -0.478 e. The summed E-state index contributed by atoms with van der Waals surface area (Å²) in [5.74, 6) is -0.907. The number of aryl methyl sites for hydroxylation is 1. The Balaban J connectivity index is 1.55. The number of benzene rings is 1. The highest BCUT2D eigenvalue weighted by Crippen LogP contribution is 2.43. The summed E-state index contributed by atoms with van der Waals surface area (Å²) in [7, 11) is 0. The number of carboxylic acid groups (broad SMARTS) is 1. The lowest BCUT2D eigenvalue weighted by Crippen LogP contribution is -2.08. The summed E-state index contributed by atoms with van der Waals surface area (Å²) in [6.45, 7) is 2.24. The van der Waals surface area contributed by atoms with Crippen LogP contribution >= 0.6 is 0 Å². The average molecular weight is 365 g/mol. The molecule has 0 radical (unpaired) electrons. The Morgan fingerprint density at radius 3 is 2.67 bits per heavy atom. The van der Waals surface area contributed by atoms with Crippen LogP contribution in [-0.2, 0) is 4.74 Å².